The van der Waals surface area contributed by atoms with E-state index < -0.39 is 10.0 Å². The van der Waals surface area contributed by atoms with E-state index >= 15 is 0 Å². The van der Waals surface area contributed by atoms with Gasteiger partial charge in [-0.25, -0.2) is 12.4 Å². The first-order chi connectivity index (χ1) is 11.5. The first-order valence-corrected chi connectivity index (χ1v) is 8.35. The number of H-pyrrole nitrogens is 1. The summed E-state index contributed by atoms with van der Waals surface area (Å²) in [6.45, 7) is 1.85. The standard InChI is InChI=1S/C16H12N4O3S/c1-11-2-4-15(5-3-11)24(22,23)20-9-12(6-14(20)7-17)16-13(10-21)8-18-19-16/h2-6,8-10H,1H3,(H,18,19). The molecule has 0 amide bonds. The van der Waals surface area contributed by atoms with Crippen molar-refractivity contribution in [3.05, 3.63) is 59.5 Å². The van der Waals surface area contributed by atoms with E-state index in [4.69, 9.17) is 0 Å². The summed E-state index contributed by atoms with van der Waals surface area (Å²) in [6, 6.07) is 9.59. The molecule has 8 heteroatoms. The zero-order valence-electron chi connectivity index (χ0n) is 12.6. The molecule has 3 rings (SSSR count). The number of nitrogens with one attached hydrogen (secondary N) is 1. The Bertz CT molecular complexity index is 1050. The summed E-state index contributed by atoms with van der Waals surface area (Å²) in [7, 11) is -3.92. The van der Waals surface area contributed by atoms with Gasteiger partial charge >= 0.3 is 0 Å². The van der Waals surface area contributed by atoms with E-state index in [1.54, 1.807) is 12.1 Å². The summed E-state index contributed by atoms with van der Waals surface area (Å²) in [4.78, 5) is 11.1. The normalized spacial score (nSPS) is 11.2. The van der Waals surface area contributed by atoms with Gasteiger partial charge in [0.15, 0.2) is 6.29 Å². The van der Waals surface area contributed by atoms with E-state index in [1.165, 1.54) is 30.6 Å². The molecule has 1 aromatic carbocycles. The molecule has 24 heavy (non-hydrogen) atoms. The summed E-state index contributed by atoms with van der Waals surface area (Å²) in [5.74, 6) is 0. The van der Waals surface area contributed by atoms with Gasteiger partial charge in [0, 0.05) is 11.8 Å². The van der Waals surface area contributed by atoms with Crippen LogP contribution in [0.2, 0.25) is 0 Å². The van der Waals surface area contributed by atoms with E-state index in [1.807, 2.05) is 13.0 Å². The Morgan fingerprint density at radius 1 is 1.29 bits per heavy atom. The minimum Gasteiger partial charge on any atom is -0.298 e. The van der Waals surface area contributed by atoms with Gasteiger partial charge in [0.05, 0.1) is 22.3 Å². The Kier molecular flexibility index (Phi) is 3.79. The maximum absolute atomic E-state index is 12.8. The number of hydrogen-bond acceptors (Lipinski definition) is 5. The highest BCUT2D eigenvalue weighted by atomic mass is 32.2. The monoisotopic (exact) mass is 340 g/mol. The SMILES string of the molecule is Cc1ccc(S(=O)(=O)n2cc(-c3[nH]ncc3C=O)cc2C#N)cc1. The van der Waals surface area contributed by atoms with Crippen molar-refractivity contribution in [3.63, 3.8) is 0 Å². The lowest BCUT2D eigenvalue weighted by Gasteiger charge is -2.07. The molecule has 0 spiro atoms. The molecule has 0 bridgehead atoms. The zero-order valence-corrected chi connectivity index (χ0v) is 13.4. The van der Waals surface area contributed by atoms with Gasteiger partial charge in [-0.05, 0) is 25.1 Å². The van der Waals surface area contributed by atoms with Crippen LogP contribution in [-0.2, 0) is 10.0 Å². The largest absolute Gasteiger partial charge is 0.298 e. The Morgan fingerprint density at radius 2 is 2.00 bits per heavy atom. The average molecular weight is 340 g/mol. The van der Waals surface area contributed by atoms with Gasteiger partial charge < -0.3 is 0 Å². The minimum atomic E-state index is -3.92. The molecule has 2 aromatic heterocycles. The average Bonchev–Trinajstić information content (AvgIpc) is 3.21. The minimum absolute atomic E-state index is 0.0583. The van der Waals surface area contributed by atoms with Crippen LogP contribution in [0.15, 0.2) is 47.6 Å². The summed E-state index contributed by atoms with van der Waals surface area (Å²) >= 11 is 0. The van der Waals surface area contributed by atoms with E-state index in [0.29, 0.717) is 17.5 Å². The first kappa shape index (κ1) is 15.7. The molecule has 3 aromatic rings. The van der Waals surface area contributed by atoms with E-state index in [-0.39, 0.29) is 16.2 Å². The van der Waals surface area contributed by atoms with Gasteiger partial charge in [-0.2, -0.15) is 10.4 Å². The summed E-state index contributed by atoms with van der Waals surface area (Å²) in [6.07, 6.45) is 3.24. The Labute approximate surface area is 138 Å². The van der Waals surface area contributed by atoms with E-state index in [0.717, 1.165) is 9.54 Å². The molecular formula is C16H12N4O3S. The molecule has 120 valence electrons. The van der Waals surface area contributed by atoms with Crippen molar-refractivity contribution in [2.24, 2.45) is 0 Å². The molecule has 1 N–H and O–H groups in total. The molecule has 0 fully saturated rings. The quantitative estimate of drug-likeness (QED) is 0.732. The van der Waals surface area contributed by atoms with Gasteiger partial charge in [-0.1, -0.05) is 17.7 Å². The molecule has 0 aliphatic carbocycles. The molecule has 0 saturated heterocycles. The van der Waals surface area contributed by atoms with Crippen LogP contribution in [-0.4, -0.2) is 28.9 Å². The van der Waals surface area contributed by atoms with Crippen LogP contribution in [0.4, 0.5) is 0 Å². The number of nitrogens with zero attached hydrogens (tertiary/aromatic N) is 3. The smallest absolute Gasteiger partial charge is 0.268 e. The topological polar surface area (TPSA) is 109 Å². The summed E-state index contributed by atoms with van der Waals surface area (Å²) in [5, 5.41) is 15.7. The molecule has 0 aliphatic heterocycles. The van der Waals surface area contributed by atoms with Gasteiger partial charge in [0.2, 0.25) is 0 Å². The Balaban J connectivity index is 2.17. The molecular weight excluding hydrogens is 328 g/mol. The number of aromatic amines is 1. The highest BCUT2D eigenvalue weighted by Gasteiger charge is 2.22. The predicted molar refractivity (Wildman–Crippen MR) is 85.9 cm³/mol. The predicted octanol–water partition coefficient (Wildman–Crippen LogP) is 2.11. The number of rotatable bonds is 4. The molecule has 2 heterocycles. The van der Waals surface area contributed by atoms with E-state index in [9.17, 15) is 18.5 Å². The molecule has 0 saturated carbocycles. The second-order valence-electron chi connectivity index (χ2n) is 5.16. The highest BCUT2D eigenvalue weighted by molar-refractivity contribution is 7.90. The fraction of sp³-hybridized carbons (Fsp3) is 0.0625. The number of aryl methyl sites for hydroxylation is 1. The third kappa shape index (κ3) is 2.51. The van der Waals surface area contributed by atoms with Gasteiger partial charge in [-0.3, -0.25) is 9.89 Å². The number of benzene rings is 1. The lowest BCUT2D eigenvalue weighted by Crippen LogP contribution is -2.13. The maximum atomic E-state index is 12.8. The Morgan fingerprint density at radius 3 is 2.62 bits per heavy atom. The van der Waals surface area contributed by atoms with Gasteiger partial charge in [0.25, 0.3) is 10.0 Å². The van der Waals surface area contributed by atoms with Crippen molar-refractivity contribution in [2.45, 2.75) is 11.8 Å². The number of carbonyl (C=O) groups excluding carboxylic acids is 1. The van der Waals surface area contributed by atoms with Crippen molar-refractivity contribution in [2.75, 3.05) is 0 Å². The molecule has 0 radical (unpaired) electrons. The number of aldehydes is 1. The molecule has 0 aliphatic rings. The fourth-order valence-electron chi connectivity index (χ4n) is 2.30. The highest BCUT2D eigenvalue weighted by Crippen LogP contribution is 2.26. The van der Waals surface area contributed by atoms with Crippen molar-refractivity contribution in [1.82, 2.24) is 14.2 Å². The van der Waals surface area contributed by atoms with Crippen LogP contribution in [0.3, 0.4) is 0 Å². The maximum Gasteiger partial charge on any atom is 0.268 e. The van der Waals surface area contributed by atoms with Crippen LogP contribution < -0.4 is 0 Å². The van der Waals surface area contributed by atoms with Crippen molar-refractivity contribution in [3.8, 4) is 17.3 Å². The van der Waals surface area contributed by atoms with Gasteiger partial charge in [-0.15, -0.1) is 0 Å². The number of carbonyl (C=O) groups is 1. The third-order valence-corrected chi connectivity index (χ3v) is 5.25. The number of aromatic nitrogens is 3. The van der Waals surface area contributed by atoms with E-state index in [2.05, 4.69) is 10.2 Å². The van der Waals surface area contributed by atoms with Crippen molar-refractivity contribution < 1.29 is 13.2 Å². The van der Waals surface area contributed by atoms with Crippen LogP contribution in [0.5, 0.6) is 0 Å². The lowest BCUT2D eigenvalue weighted by molar-refractivity contribution is 0.112. The second-order valence-corrected chi connectivity index (χ2v) is 6.97. The van der Waals surface area contributed by atoms with Crippen LogP contribution in [0.25, 0.3) is 11.3 Å². The van der Waals surface area contributed by atoms with Crippen LogP contribution in [0.1, 0.15) is 21.6 Å². The zero-order chi connectivity index (χ0) is 17.3. The van der Waals surface area contributed by atoms with Crippen LogP contribution >= 0.6 is 0 Å². The lowest BCUT2D eigenvalue weighted by atomic mass is 10.1. The first-order valence-electron chi connectivity index (χ1n) is 6.91. The molecule has 7 nitrogen and oxygen atoms in total. The van der Waals surface area contributed by atoms with Crippen molar-refractivity contribution >= 4 is 16.3 Å². The van der Waals surface area contributed by atoms with Gasteiger partial charge in [0.1, 0.15) is 11.8 Å². The second kappa shape index (κ2) is 5.79. The summed E-state index contributed by atoms with van der Waals surface area (Å²) in [5.41, 5.74) is 1.90. The van der Waals surface area contributed by atoms with Crippen LogP contribution in [0, 0.1) is 18.3 Å². The number of hydrogen-bond donors (Lipinski definition) is 1. The number of nitriles is 1. The van der Waals surface area contributed by atoms with Crippen molar-refractivity contribution in [1.29, 1.82) is 5.26 Å². The molecule has 0 unspecified atom stereocenters. The molecule has 0 atom stereocenters. The fourth-order valence-corrected chi connectivity index (χ4v) is 3.61. The Hall–Kier alpha value is -3.18. The summed E-state index contributed by atoms with van der Waals surface area (Å²) < 4.78 is 26.5. The third-order valence-electron chi connectivity index (χ3n) is 3.56.